The van der Waals surface area contributed by atoms with Crippen molar-refractivity contribution in [2.24, 2.45) is 5.92 Å². The van der Waals surface area contributed by atoms with Gasteiger partial charge in [0.25, 0.3) is 5.69 Å². The number of nitrogens with one attached hydrogen (secondary N) is 1. The van der Waals surface area contributed by atoms with E-state index in [0.717, 1.165) is 0 Å². The zero-order chi connectivity index (χ0) is 18.2. The number of rotatable bonds is 3. The molecule has 2 aliphatic heterocycles. The molecule has 1 aromatic rings. The molecular formula is C17H20N2O6. The van der Waals surface area contributed by atoms with Crippen molar-refractivity contribution in [1.82, 2.24) is 0 Å². The van der Waals surface area contributed by atoms with Gasteiger partial charge in [0.05, 0.1) is 29.5 Å². The minimum atomic E-state index is -0.857. The van der Waals surface area contributed by atoms with Gasteiger partial charge in [-0.3, -0.25) is 19.7 Å². The number of esters is 1. The molecule has 2 aliphatic rings. The number of nitro groups is 1. The molecule has 2 atom stereocenters. The molecule has 0 radical (unpaired) electrons. The molecule has 2 heterocycles. The molecule has 0 bridgehead atoms. The maximum atomic E-state index is 12.7. The van der Waals surface area contributed by atoms with Gasteiger partial charge in [0.1, 0.15) is 5.60 Å². The highest BCUT2D eigenvalue weighted by Gasteiger charge is 2.56. The molecule has 0 aromatic heterocycles. The number of anilines is 1. The lowest BCUT2D eigenvalue weighted by molar-refractivity contribution is -0.384. The maximum absolute atomic E-state index is 12.7. The van der Waals surface area contributed by atoms with Gasteiger partial charge < -0.3 is 14.8 Å². The van der Waals surface area contributed by atoms with Crippen LogP contribution < -0.4 is 5.32 Å². The Balaban J connectivity index is 1.78. The van der Waals surface area contributed by atoms with Gasteiger partial charge in [-0.2, -0.15) is 0 Å². The van der Waals surface area contributed by atoms with Crippen LogP contribution in [0.15, 0.2) is 24.3 Å². The Kier molecular flexibility index (Phi) is 4.24. The molecule has 1 N–H and O–H groups in total. The van der Waals surface area contributed by atoms with E-state index in [1.165, 1.54) is 24.3 Å². The van der Waals surface area contributed by atoms with Crippen LogP contribution in [0.3, 0.4) is 0 Å². The molecule has 25 heavy (non-hydrogen) atoms. The molecule has 2 fully saturated rings. The Labute approximate surface area is 144 Å². The van der Waals surface area contributed by atoms with E-state index in [-0.39, 0.29) is 24.0 Å². The first-order valence-electron chi connectivity index (χ1n) is 8.12. The number of amides is 1. The average molecular weight is 348 g/mol. The monoisotopic (exact) mass is 348 g/mol. The summed E-state index contributed by atoms with van der Waals surface area (Å²) in [7, 11) is 0. The topological polar surface area (TPSA) is 108 Å². The van der Waals surface area contributed by atoms with Gasteiger partial charge in [0, 0.05) is 30.7 Å². The van der Waals surface area contributed by atoms with E-state index in [0.29, 0.717) is 25.1 Å². The number of nitrogens with zero attached hydrogens (tertiary/aromatic N) is 1. The van der Waals surface area contributed by atoms with Crippen molar-refractivity contribution in [3.63, 3.8) is 0 Å². The van der Waals surface area contributed by atoms with E-state index in [1.807, 2.05) is 13.8 Å². The van der Waals surface area contributed by atoms with Crippen LogP contribution >= 0.6 is 0 Å². The molecular weight excluding hydrogens is 328 g/mol. The molecule has 1 aromatic carbocycles. The Morgan fingerprint density at radius 2 is 2.00 bits per heavy atom. The Morgan fingerprint density at radius 3 is 2.60 bits per heavy atom. The lowest BCUT2D eigenvalue weighted by Crippen LogP contribution is -2.52. The molecule has 8 heteroatoms. The summed E-state index contributed by atoms with van der Waals surface area (Å²) in [5.41, 5.74) is -0.949. The van der Waals surface area contributed by atoms with Crippen LogP contribution in [0.1, 0.15) is 33.1 Å². The molecule has 1 amide bonds. The fourth-order valence-electron chi connectivity index (χ4n) is 3.66. The third-order valence-electron chi connectivity index (χ3n) is 4.73. The van der Waals surface area contributed by atoms with E-state index < -0.39 is 22.0 Å². The van der Waals surface area contributed by atoms with E-state index in [4.69, 9.17) is 9.47 Å². The van der Waals surface area contributed by atoms with Gasteiger partial charge in [0.15, 0.2) is 0 Å². The van der Waals surface area contributed by atoms with E-state index in [2.05, 4.69) is 5.32 Å². The zero-order valence-corrected chi connectivity index (χ0v) is 14.1. The third kappa shape index (κ3) is 3.48. The van der Waals surface area contributed by atoms with Crippen molar-refractivity contribution >= 4 is 23.3 Å². The largest absolute Gasteiger partial charge is 0.458 e. The number of hydrogen-bond donors (Lipinski definition) is 1. The van der Waals surface area contributed by atoms with Gasteiger partial charge in [-0.15, -0.1) is 0 Å². The first kappa shape index (κ1) is 17.3. The summed E-state index contributed by atoms with van der Waals surface area (Å²) in [6, 6.07) is 5.57. The van der Waals surface area contributed by atoms with Crippen molar-refractivity contribution < 1.29 is 24.0 Å². The lowest BCUT2D eigenvalue weighted by atomic mass is 9.75. The van der Waals surface area contributed by atoms with Gasteiger partial charge in [0.2, 0.25) is 5.91 Å². The molecule has 3 rings (SSSR count). The molecule has 1 spiro atoms. The van der Waals surface area contributed by atoms with Gasteiger partial charge in [-0.25, -0.2) is 0 Å². The van der Waals surface area contributed by atoms with Crippen molar-refractivity contribution in [2.75, 3.05) is 11.9 Å². The summed E-state index contributed by atoms with van der Waals surface area (Å²) in [4.78, 5) is 34.8. The van der Waals surface area contributed by atoms with Crippen LogP contribution in [0.2, 0.25) is 0 Å². The fraction of sp³-hybridized carbons (Fsp3) is 0.529. The summed E-state index contributed by atoms with van der Waals surface area (Å²) in [5, 5.41) is 13.4. The van der Waals surface area contributed by atoms with E-state index in [1.54, 1.807) is 0 Å². The quantitative estimate of drug-likeness (QED) is 0.510. The number of nitro benzene ring substituents is 1. The standard InChI is InChI=1S/C17H20N2O6/c1-16(2)10-17(7-8-24-16)13(9-14(20)25-17)15(21)18-11-3-5-12(6-4-11)19(22)23/h3-6,13H,7-10H2,1-2H3,(H,18,21)/t13-,17-/m1/s1. The highest BCUT2D eigenvalue weighted by molar-refractivity contribution is 5.97. The van der Waals surface area contributed by atoms with Crippen LogP contribution in [0, 0.1) is 16.0 Å². The molecule has 0 aliphatic carbocycles. The Morgan fingerprint density at radius 1 is 1.32 bits per heavy atom. The fourth-order valence-corrected chi connectivity index (χ4v) is 3.66. The second kappa shape index (κ2) is 6.11. The number of carbonyl (C=O) groups excluding carboxylic acids is 2. The van der Waals surface area contributed by atoms with Crippen molar-refractivity contribution in [1.29, 1.82) is 0 Å². The zero-order valence-electron chi connectivity index (χ0n) is 14.1. The van der Waals surface area contributed by atoms with Crippen LogP contribution in [0.4, 0.5) is 11.4 Å². The van der Waals surface area contributed by atoms with Gasteiger partial charge >= 0.3 is 5.97 Å². The molecule has 8 nitrogen and oxygen atoms in total. The second-order valence-corrected chi connectivity index (χ2v) is 7.12. The van der Waals surface area contributed by atoms with Crippen molar-refractivity contribution in [3.05, 3.63) is 34.4 Å². The lowest BCUT2D eigenvalue weighted by Gasteiger charge is -2.43. The second-order valence-electron chi connectivity index (χ2n) is 7.12. The predicted molar refractivity (Wildman–Crippen MR) is 87.9 cm³/mol. The minimum Gasteiger partial charge on any atom is -0.458 e. The van der Waals surface area contributed by atoms with Gasteiger partial charge in [-0.05, 0) is 26.0 Å². The Bertz CT molecular complexity index is 714. The molecule has 134 valence electrons. The van der Waals surface area contributed by atoms with Gasteiger partial charge in [-0.1, -0.05) is 0 Å². The predicted octanol–water partition coefficient (Wildman–Crippen LogP) is 2.42. The third-order valence-corrected chi connectivity index (χ3v) is 4.73. The molecule has 0 saturated carbocycles. The molecule has 2 saturated heterocycles. The summed E-state index contributed by atoms with van der Waals surface area (Å²) >= 11 is 0. The Hall–Kier alpha value is -2.48. The smallest absolute Gasteiger partial charge is 0.307 e. The summed E-state index contributed by atoms with van der Waals surface area (Å²) < 4.78 is 11.3. The van der Waals surface area contributed by atoms with Crippen molar-refractivity contribution in [3.8, 4) is 0 Å². The normalized spacial score (nSPS) is 27.8. The molecule has 0 unspecified atom stereocenters. The minimum absolute atomic E-state index is 0.0227. The van der Waals surface area contributed by atoms with E-state index in [9.17, 15) is 19.7 Å². The number of hydrogen-bond acceptors (Lipinski definition) is 6. The van der Waals surface area contributed by atoms with Crippen LogP contribution in [-0.4, -0.2) is 34.6 Å². The first-order chi connectivity index (χ1) is 11.7. The highest BCUT2D eigenvalue weighted by atomic mass is 16.6. The summed E-state index contributed by atoms with van der Waals surface area (Å²) in [5.74, 6) is -1.32. The highest BCUT2D eigenvalue weighted by Crippen LogP contribution is 2.46. The van der Waals surface area contributed by atoms with Crippen LogP contribution in [-0.2, 0) is 19.1 Å². The number of non-ortho nitro benzene ring substituents is 1. The van der Waals surface area contributed by atoms with Crippen LogP contribution in [0.5, 0.6) is 0 Å². The summed E-state index contributed by atoms with van der Waals surface area (Å²) in [6.07, 6.45) is 0.944. The average Bonchev–Trinajstić information content (AvgIpc) is 2.82. The maximum Gasteiger partial charge on any atom is 0.307 e. The SMILES string of the molecule is CC1(C)C[C@@]2(CCO1)OC(=O)C[C@@H]2C(=O)Nc1ccc([N+](=O)[O-])cc1. The van der Waals surface area contributed by atoms with Crippen LogP contribution in [0.25, 0.3) is 0 Å². The summed E-state index contributed by atoms with van der Waals surface area (Å²) in [6.45, 7) is 4.23. The van der Waals surface area contributed by atoms with Crippen molar-refractivity contribution in [2.45, 2.75) is 44.3 Å². The number of benzene rings is 1. The number of ether oxygens (including phenoxy) is 2. The number of carbonyl (C=O) groups is 2. The first-order valence-corrected chi connectivity index (χ1v) is 8.12. The van der Waals surface area contributed by atoms with E-state index >= 15 is 0 Å².